The van der Waals surface area contributed by atoms with E-state index in [4.69, 9.17) is 11.6 Å². The topological polar surface area (TPSA) is 73.8 Å². The number of piperidine rings is 1. The van der Waals surface area contributed by atoms with Gasteiger partial charge in [-0.2, -0.15) is 0 Å². The Labute approximate surface area is 162 Å². The van der Waals surface area contributed by atoms with Gasteiger partial charge in [-0.1, -0.05) is 0 Å². The van der Waals surface area contributed by atoms with Crippen molar-refractivity contribution < 1.29 is 12.8 Å². The minimum atomic E-state index is -3.18. The average Bonchev–Trinajstić information content (AvgIpc) is 2.96. The molecule has 1 saturated heterocycles. The summed E-state index contributed by atoms with van der Waals surface area (Å²) in [5, 5.41) is 6.48. The Hall–Kier alpha value is -1.38. The van der Waals surface area contributed by atoms with Gasteiger partial charge in [-0.3, -0.25) is 0 Å². The van der Waals surface area contributed by atoms with Crippen LogP contribution >= 0.6 is 11.6 Å². The maximum atomic E-state index is 13.4. The van der Waals surface area contributed by atoms with E-state index in [-0.39, 0.29) is 24.8 Å². The molecule has 3 aliphatic heterocycles. The van der Waals surface area contributed by atoms with Gasteiger partial charge >= 0.3 is 163 Å². The van der Waals surface area contributed by atoms with Crippen molar-refractivity contribution in [1.82, 2.24) is 9.62 Å². The molecule has 0 saturated carbocycles. The van der Waals surface area contributed by atoms with Crippen LogP contribution < -0.4 is 10.6 Å². The second-order valence-corrected chi connectivity index (χ2v) is 11.1. The van der Waals surface area contributed by atoms with Crippen molar-refractivity contribution >= 4 is 48.6 Å². The first-order chi connectivity index (χ1) is 12.3. The van der Waals surface area contributed by atoms with E-state index in [2.05, 4.69) is 15.6 Å². The number of nitrogens with one attached hydrogen (secondary N) is 2. The number of fused-ring (bicyclic) bond motifs is 2. The fourth-order valence-electron chi connectivity index (χ4n) is 3.19. The van der Waals surface area contributed by atoms with Gasteiger partial charge in [-0.15, -0.1) is 0 Å². The molecule has 1 atom stereocenters. The Morgan fingerprint density at radius 2 is 2.27 bits per heavy atom. The quantitative estimate of drug-likeness (QED) is 0.676. The van der Waals surface area contributed by atoms with Crippen LogP contribution in [0.15, 0.2) is 44.8 Å². The van der Waals surface area contributed by atoms with Crippen LogP contribution in [0.2, 0.25) is 9.84 Å². The third-order valence-electron chi connectivity index (χ3n) is 4.47. The average molecular weight is 462 g/mol. The molecule has 1 fully saturated rings. The predicted octanol–water partition coefficient (Wildman–Crippen LogP) is 2.12. The van der Waals surface area contributed by atoms with Gasteiger partial charge in [-0.05, 0) is 0 Å². The van der Waals surface area contributed by atoms with Crippen molar-refractivity contribution in [3.63, 3.8) is 0 Å². The monoisotopic (exact) mass is 462 g/mol. The molecule has 4 rings (SSSR count). The van der Waals surface area contributed by atoms with Gasteiger partial charge < -0.3 is 0 Å². The summed E-state index contributed by atoms with van der Waals surface area (Å²) in [6, 6.07) is 4.44. The summed E-state index contributed by atoms with van der Waals surface area (Å²) in [6.07, 6.45) is 3.60. The molecule has 0 amide bonds. The Morgan fingerprint density at radius 1 is 1.46 bits per heavy atom. The Balaban J connectivity index is 1.63. The van der Waals surface area contributed by atoms with Gasteiger partial charge in [0.1, 0.15) is 0 Å². The standard InChI is InChI=1S/C16H16ClFN4O2SSe/c1-25(23,24)22-5-4-10-13(7-22)26-15-14(10)19-8-20-16(15)21-9-2-3-12(18)11(17)6-9/h2-3,6,8,13,21H,4-5,7H2,1H3,(H,19,20). The zero-order valence-corrected chi connectivity index (χ0v) is 17.1. The van der Waals surface area contributed by atoms with Crippen molar-refractivity contribution in [2.45, 2.75) is 11.2 Å². The van der Waals surface area contributed by atoms with Gasteiger partial charge in [0.2, 0.25) is 0 Å². The molecule has 0 aromatic heterocycles. The molecule has 6 nitrogen and oxygen atoms in total. The number of hydrogen-bond acceptors (Lipinski definition) is 5. The van der Waals surface area contributed by atoms with E-state index in [1.54, 1.807) is 16.7 Å². The summed E-state index contributed by atoms with van der Waals surface area (Å²) < 4.78 is 39.7. The van der Waals surface area contributed by atoms with E-state index in [9.17, 15) is 12.8 Å². The number of allylic oxidation sites excluding steroid dienone is 1. The summed E-state index contributed by atoms with van der Waals surface area (Å²) in [5.74, 6) is 0.234. The molecule has 0 radical (unpaired) electrons. The SMILES string of the molecule is CS(=O)(=O)N1CCC2=C3NC=NC(Nc4ccc(F)c(Cl)c4)=C3[Se]C2C1. The molecule has 2 N–H and O–H groups in total. The second-order valence-electron chi connectivity index (χ2n) is 6.21. The van der Waals surface area contributed by atoms with E-state index < -0.39 is 15.8 Å². The molecular weight excluding hydrogens is 446 g/mol. The first-order valence-electron chi connectivity index (χ1n) is 7.93. The van der Waals surface area contributed by atoms with Gasteiger partial charge in [0.25, 0.3) is 0 Å². The molecule has 0 spiro atoms. The molecule has 0 bridgehead atoms. The van der Waals surface area contributed by atoms with Gasteiger partial charge in [0, 0.05) is 0 Å². The first-order valence-corrected chi connectivity index (χ1v) is 12.0. The zero-order valence-electron chi connectivity index (χ0n) is 13.8. The summed E-state index contributed by atoms with van der Waals surface area (Å²) in [6.45, 7) is 1.02. The molecule has 0 aliphatic carbocycles. The van der Waals surface area contributed by atoms with Crippen LogP contribution in [0.3, 0.4) is 0 Å². The first kappa shape index (κ1) is 18.0. The fraction of sp³-hybridized carbons (Fsp3) is 0.312. The van der Waals surface area contributed by atoms with E-state index >= 15 is 0 Å². The fourth-order valence-corrected chi connectivity index (χ4v) is 7.45. The number of benzene rings is 1. The van der Waals surface area contributed by atoms with Crippen molar-refractivity contribution in [2.75, 3.05) is 24.7 Å². The van der Waals surface area contributed by atoms with Crippen LogP contribution in [0, 0.1) is 5.82 Å². The molecule has 1 aromatic carbocycles. The molecule has 10 heteroatoms. The maximum absolute atomic E-state index is 13.4. The van der Waals surface area contributed by atoms with Crippen molar-refractivity contribution in [3.8, 4) is 0 Å². The van der Waals surface area contributed by atoms with E-state index in [1.165, 1.54) is 24.0 Å². The summed E-state index contributed by atoms with van der Waals surface area (Å²) in [5.41, 5.74) is 2.97. The molecule has 1 aromatic rings. The number of sulfonamides is 1. The van der Waals surface area contributed by atoms with Gasteiger partial charge in [0.05, 0.1) is 0 Å². The van der Waals surface area contributed by atoms with Crippen LogP contribution in [0.1, 0.15) is 6.42 Å². The summed E-state index contributed by atoms with van der Waals surface area (Å²) in [4.78, 5) is 4.60. The van der Waals surface area contributed by atoms with Crippen molar-refractivity contribution in [1.29, 1.82) is 0 Å². The Bertz CT molecular complexity index is 976. The van der Waals surface area contributed by atoms with Crippen LogP contribution in [-0.4, -0.2) is 53.4 Å². The number of rotatable bonds is 3. The Kier molecular flexibility index (Phi) is 4.61. The van der Waals surface area contributed by atoms with Crippen LogP contribution in [-0.2, 0) is 10.0 Å². The van der Waals surface area contributed by atoms with E-state index in [0.29, 0.717) is 24.6 Å². The summed E-state index contributed by atoms with van der Waals surface area (Å²) in [7, 11) is -3.18. The third-order valence-corrected chi connectivity index (χ3v) is 8.86. The van der Waals surface area contributed by atoms with Crippen LogP contribution in [0.4, 0.5) is 10.1 Å². The second kappa shape index (κ2) is 6.65. The third kappa shape index (κ3) is 3.30. The Morgan fingerprint density at radius 3 is 3.00 bits per heavy atom. The number of aliphatic imine (C=N–C) groups is 1. The van der Waals surface area contributed by atoms with Gasteiger partial charge in [-0.25, -0.2) is 0 Å². The molecule has 3 aliphatic rings. The van der Waals surface area contributed by atoms with Crippen molar-refractivity contribution in [2.24, 2.45) is 4.99 Å². The molecule has 3 heterocycles. The molecular formula is C16H16ClFN4O2SSe. The summed E-state index contributed by atoms with van der Waals surface area (Å²) >= 11 is 5.90. The zero-order chi connectivity index (χ0) is 18.5. The molecule has 1 unspecified atom stereocenters. The van der Waals surface area contributed by atoms with Gasteiger partial charge in [0.15, 0.2) is 0 Å². The molecule has 26 heavy (non-hydrogen) atoms. The minimum absolute atomic E-state index is 0.0466. The van der Waals surface area contributed by atoms with Crippen LogP contribution in [0.25, 0.3) is 0 Å². The van der Waals surface area contributed by atoms with E-state index in [0.717, 1.165) is 16.6 Å². The predicted molar refractivity (Wildman–Crippen MR) is 101 cm³/mol. The number of anilines is 1. The van der Waals surface area contributed by atoms with Crippen molar-refractivity contribution in [3.05, 3.63) is 50.6 Å². The molecule has 138 valence electrons. The number of nitrogens with zero attached hydrogens (tertiary/aromatic N) is 2. The van der Waals surface area contributed by atoms with Crippen LogP contribution in [0.5, 0.6) is 0 Å². The normalized spacial score (nSPS) is 23.0. The van der Waals surface area contributed by atoms with E-state index in [1.807, 2.05) is 0 Å². The number of halogens is 2. The number of hydrogen-bond donors (Lipinski definition) is 2.